The Balaban J connectivity index is 1.95. The summed E-state index contributed by atoms with van der Waals surface area (Å²) in [4.78, 5) is 12.6. The predicted molar refractivity (Wildman–Crippen MR) is 119 cm³/mol. The molecule has 1 heterocycles. The zero-order valence-electron chi connectivity index (χ0n) is 17.4. The highest BCUT2D eigenvalue weighted by Crippen LogP contribution is 2.35. The standard InChI is InChI=1S/C24H25FN2O3S/c1-31(29,30)23-16-22(27-24(28)8-5-13-26-27)19(14-17-6-3-2-4-7-17)15-21(23)18-9-11-20(25)12-10-18/h5,8-13,15-17H,2-4,6-7,14H2,1H3. The molecule has 1 aliphatic carbocycles. The van der Waals surface area contributed by atoms with Crippen molar-refractivity contribution in [3.05, 3.63) is 76.5 Å². The average molecular weight is 441 g/mol. The first-order chi connectivity index (χ1) is 14.8. The van der Waals surface area contributed by atoms with E-state index in [1.54, 1.807) is 24.3 Å². The maximum atomic E-state index is 13.5. The van der Waals surface area contributed by atoms with E-state index in [4.69, 9.17) is 0 Å². The molecular weight excluding hydrogens is 415 g/mol. The number of hydrogen-bond donors (Lipinski definition) is 0. The van der Waals surface area contributed by atoms with Crippen LogP contribution in [0.1, 0.15) is 37.7 Å². The van der Waals surface area contributed by atoms with Crippen molar-refractivity contribution in [3.8, 4) is 16.8 Å². The van der Waals surface area contributed by atoms with Crippen molar-refractivity contribution in [2.24, 2.45) is 5.92 Å². The lowest BCUT2D eigenvalue weighted by molar-refractivity contribution is 0.356. The predicted octanol–water partition coefficient (Wildman–Crippen LogP) is 4.56. The van der Waals surface area contributed by atoms with Crippen molar-refractivity contribution in [1.82, 2.24) is 9.78 Å². The Morgan fingerprint density at radius 2 is 1.77 bits per heavy atom. The second-order valence-corrected chi connectivity index (χ2v) is 10.2. The molecule has 0 unspecified atom stereocenters. The smallest absolute Gasteiger partial charge is 0.267 e. The summed E-state index contributed by atoms with van der Waals surface area (Å²) in [5.41, 5.74) is 2.18. The first-order valence-corrected chi connectivity index (χ1v) is 12.4. The van der Waals surface area contributed by atoms with Crippen LogP contribution in [0.4, 0.5) is 4.39 Å². The van der Waals surface area contributed by atoms with Crippen LogP contribution in [0, 0.1) is 11.7 Å². The van der Waals surface area contributed by atoms with E-state index < -0.39 is 9.84 Å². The fraction of sp³-hybridized carbons (Fsp3) is 0.333. The van der Waals surface area contributed by atoms with Crippen molar-refractivity contribution < 1.29 is 12.8 Å². The van der Waals surface area contributed by atoms with Gasteiger partial charge in [-0.25, -0.2) is 12.8 Å². The molecule has 1 saturated carbocycles. The molecule has 31 heavy (non-hydrogen) atoms. The number of rotatable bonds is 5. The third-order valence-electron chi connectivity index (χ3n) is 5.91. The molecule has 1 aromatic heterocycles. The number of hydrogen-bond acceptors (Lipinski definition) is 4. The number of sulfone groups is 1. The monoisotopic (exact) mass is 440 g/mol. The molecule has 0 radical (unpaired) electrons. The first kappa shape index (κ1) is 21.4. The highest BCUT2D eigenvalue weighted by atomic mass is 32.2. The lowest BCUT2D eigenvalue weighted by Crippen LogP contribution is -2.22. The molecule has 5 nitrogen and oxygen atoms in total. The third kappa shape index (κ3) is 4.77. The van der Waals surface area contributed by atoms with Crippen LogP contribution in [0.25, 0.3) is 16.8 Å². The maximum absolute atomic E-state index is 13.5. The van der Waals surface area contributed by atoms with Crippen molar-refractivity contribution in [2.75, 3.05) is 6.26 Å². The lowest BCUT2D eigenvalue weighted by Gasteiger charge is -2.24. The molecule has 0 bridgehead atoms. The van der Waals surface area contributed by atoms with Gasteiger partial charge in [0, 0.05) is 24.1 Å². The largest absolute Gasteiger partial charge is 0.271 e. The van der Waals surface area contributed by atoms with Crippen molar-refractivity contribution in [1.29, 1.82) is 0 Å². The number of benzene rings is 2. The van der Waals surface area contributed by atoms with E-state index >= 15 is 0 Å². The van der Waals surface area contributed by atoms with Gasteiger partial charge in [0.1, 0.15) is 5.82 Å². The molecule has 1 aliphatic rings. The molecule has 0 amide bonds. The van der Waals surface area contributed by atoms with E-state index in [0.717, 1.165) is 31.1 Å². The van der Waals surface area contributed by atoms with Crippen LogP contribution < -0.4 is 5.56 Å². The van der Waals surface area contributed by atoms with E-state index in [-0.39, 0.29) is 16.3 Å². The number of aromatic nitrogens is 2. The zero-order chi connectivity index (χ0) is 22.0. The van der Waals surface area contributed by atoms with Crippen LogP contribution in [-0.4, -0.2) is 24.5 Å². The van der Waals surface area contributed by atoms with Crippen LogP contribution in [0.15, 0.2) is 64.4 Å². The average Bonchev–Trinajstić information content (AvgIpc) is 2.75. The van der Waals surface area contributed by atoms with Crippen molar-refractivity contribution >= 4 is 9.84 Å². The summed E-state index contributed by atoms with van der Waals surface area (Å²) in [6.07, 6.45) is 9.19. The van der Waals surface area contributed by atoms with Gasteiger partial charge in [-0.05, 0) is 53.8 Å². The van der Waals surface area contributed by atoms with Gasteiger partial charge in [0.25, 0.3) is 5.56 Å². The molecular formula is C24H25FN2O3S. The molecule has 0 saturated heterocycles. The lowest BCUT2D eigenvalue weighted by atomic mass is 9.84. The number of halogens is 1. The Bertz CT molecular complexity index is 1240. The Morgan fingerprint density at radius 3 is 2.42 bits per heavy atom. The fourth-order valence-electron chi connectivity index (χ4n) is 4.38. The van der Waals surface area contributed by atoms with Gasteiger partial charge in [-0.15, -0.1) is 0 Å². The summed E-state index contributed by atoms with van der Waals surface area (Å²) in [6, 6.07) is 12.1. The SMILES string of the molecule is CS(=O)(=O)c1cc(-n2ncccc2=O)c(CC2CCCCC2)cc1-c1ccc(F)cc1. The molecule has 0 aliphatic heterocycles. The Hall–Kier alpha value is -2.80. The number of nitrogens with zero attached hydrogens (tertiary/aromatic N) is 2. The van der Waals surface area contributed by atoms with E-state index in [1.807, 2.05) is 6.07 Å². The fourth-order valence-corrected chi connectivity index (χ4v) is 5.28. The summed E-state index contributed by atoms with van der Waals surface area (Å²) in [7, 11) is -3.62. The van der Waals surface area contributed by atoms with Crippen LogP contribution in [0.2, 0.25) is 0 Å². The van der Waals surface area contributed by atoms with Gasteiger partial charge in [-0.1, -0.05) is 44.2 Å². The molecule has 7 heteroatoms. The Kier molecular flexibility index (Phi) is 6.05. The van der Waals surface area contributed by atoms with Crippen LogP contribution in [-0.2, 0) is 16.3 Å². The minimum atomic E-state index is -3.62. The molecule has 4 rings (SSSR count). The van der Waals surface area contributed by atoms with Crippen LogP contribution >= 0.6 is 0 Å². The molecule has 0 atom stereocenters. The van der Waals surface area contributed by atoms with Gasteiger partial charge in [-0.2, -0.15) is 9.78 Å². The summed E-state index contributed by atoms with van der Waals surface area (Å²) in [6.45, 7) is 0. The summed E-state index contributed by atoms with van der Waals surface area (Å²) < 4.78 is 40.1. The van der Waals surface area contributed by atoms with E-state index in [9.17, 15) is 17.6 Å². The van der Waals surface area contributed by atoms with E-state index in [1.165, 1.54) is 48.3 Å². The van der Waals surface area contributed by atoms with Crippen LogP contribution in [0.5, 0.6) is 0 Å². The zero-order valence-corrected chi connectivity index (χ0v) is 18.2. The second-order valence-electron chi connectivity index (χ2n) is 8.24. The van der Waals surface area contributed by atoms with Crippen molar-refractivity contribution in [3.63, 3.8) is 0 Å². The minimum absolute atomic E-state index is 0.0963. The normalized spacial score (nSPS) is 15.2. The molecule has 3 aromatic rings. The van der Waals surface area contributed by atoms with Gasteiger partial charge in [-0.3, -0.25) is 4.79 Å². The summed E-state index contributed by atoms with van der Waals surface area (Å²) >= 11 is 0. The van der Waals surface area contributed by atoms with Crippen LogP contribution in [0.3, 0.4) is 0 Å². The molecule has 0 N–H and O–H groups in total. The van der Waals surface area contributed by atoms with E-state index in [2.05, 4.69) is 5.10 Å². The first-order valence-electron chi connectivity index (χ1n) is 10.5. The molecule has 1 fully saturated rings. The van der Waals surface area contributed by atoms with Gasteiger partial charge < -0.3 is 0 Å². The Labute approximate surface area is 181 Å². The van der Waals surface area contributed by atoms with Gasteiger partial charge >= 0.3 is 0 Å². The maximum Gasteiger partial charge on any atom is 0.271 e. The third-order valence-corrected chi connectivity index (χ3v) is 7.05. The summed E-state index contributed by atoms with van der Waals surface area (Å²) in [5.74, 6) is 0.0841. The minimum Gasteiger partial charge on any atom is -0.267 e. The Morgan fingerprint density at radius 1 is 1.06 bits per heavy atom. The topological polar surface area (TPSA) is 69.0 Å². The molecule has 162 valence electrons. The molecule has 2 aromatic carbocycles. The van der Waals surface area contributed by atoms with Gasteiger partial charge in [0.15, 0.2) is 9.84 Å². The second kappa shape index (κ2) is 8.75. The highest BCUT2D eigenvalue weighted by molar-refractivity contribution is 7.90. The van der Waals surface area contributed by atoms with Gasteiger partial charge in [0.05, 0.1) is 10.6 Å². The molecule has 0 spiro atoms. The quantitative estimate of drug-likeness (QED) is 0.583. The highest BCUT2D eigenvalue weighted by Gasteiger charge is 2.23. The van der Waals surface area contributed by atoms with E-state index in [0.29, 0.717) is 22.7 Å². The van der Waals surface area contributed by atoms with Gasteiger partial charge in [0.2, 0.25) is 0 Å². The van der Waals surface area contributed by atoms with Crippen molar-refractivity contribution in [2.45, 2.75) is 43.4 Å². The summed E-state index contributed by atoms with van der Waals surface area (Å²) in [5, 5.41) is 4.20.